The molecule has 1 N–H and O–H groups in total. The molecule has 1 aromatic rings. The zero-order chi connectivity index (χ0) is 13.7. The van der Waals surface area contributed by atoms with E-state index < -0.39 is 0 Å². The molecule has 0 bridgehead atoms. The summed E-state index contributed by atoms with van der Waals surface area (Å²) >= 11 is 0. The zero-order valence-electron chi connectivity index (χ0n) is 12.0. The SMILES string of the molecule is Cc1cc(C)n(CCCNC2CCCCC2C#N)n1. The molecule has 0 radical (unpaired) electrons. The monoisotopic (exact) mass is 260 g/mol. The van der Waals surface area contributed by atoms with E-state index in [1.165, 1.54) is 18.5 Å². The lowest BCUT2D eigenvalue weighted by molar-refractivity contribution is 0.309. The van der Waals surface area contributed by atoms with Gasteiger partial charge in [0.25, 0.3) is 0 Å². The third-order valence-electron chi connectivity index (χ3n) is 3.99. The molecule has 0 saturated heterocycles. The Morgan fingerprint density at radius 1 is 1.42 bits per heavy atom. The summed E-state index contributed by atoms with van der Waals surface area (Å²) in [4.78, 5) is 0. The van der Waals surface area contributed by atoms with Crippen molar-refractivity contribution in [3.8, 4) is 6.07 Å². The lowest BCUT2D eigenvalue weighted by Crippen LogP contribution is -2.38. The van der Waals surface area contributed by atoms with Gasteiger partial charge in [0, 0.05) is 18.3 Å². The van der Waals surface area contributed by atoms with Crippen molar-refractivity contribution in [1.29, 1.82) is 5.26 Å². The molecule has 2 unspecified atom stereocenters. The fourth-order valence-corrected chi connectivity index (χ4v) is 2.95. The summed E-state index contributed by atoms with van der Waals surface area (Å²) in [7, 11) is 0. The summed E-state index contributed by atoms with van der Waals surface area (Å²) in [5.41, 5.74) is 2.31. The molecule has 0 amide bonds. The van der Waals surface area contributed by atoms with Crippen LogP contribution in [-0.4, -0.2) is 22.4 Å². The fraction of sp³-hybridized carbons (Fsp3) is 0.733. The van der Waals surface area contributed by atoms with Crippen molar-refractivity contribution in [1.82, 2.24) is 15.1 Å². The van der Waals surface area contributed by atoms with Gasteiger partial charge in [-0.3, -0.25) is 4.68 Å². The summed E-state index contributed by atoms with van der Waals surface area (Å²) in [5.74, 6) is 0.211. The lowest BCUT2D eigenvalue weighted by Gasteiger charge is -2.27. The van der Waals surface area contributed by atoms with Crippen molar-refractivity contribution >= 4 is 0 Å². The highest BCUT2D eigenvalue weighted by Gasteiger charge is 2.23. The highest BCUT2D eigenvalue weighted by atomic mass is 15.3. The molecule has 0 aromatic carbocycles. The van der Waals surface area contributed by atoms with Crippen LogP contribution in [0.3, 0.4) is 0 Å². The molecule has 4 nitrogen and oxygen atoms in total. The van der Waals surface area contributed by atoms with Gasteiger partial charge in [0.2, 0.25) is 0 Å². The van der Waals surface area contributed by atoms with Gasteiger partial charge in [0.05, 0.1) is 17.7 Å². The van der Waals surface area contributed by atoms with E-state index in [4.69, 9.17) is 5.26 Å². The summed E-state index contributed by atoms with van der Waals surface area (Å²) in [5, 5.41) is 17.1. The topological polar surface area (TPSA) is 53.6 Å². The number of hydrogen-bond donors (Lipinski definition) is 1. The number of aryl methyl sites for hydroxylation is 3. The second kappa shape index (κ2) is 6.72. The van der Waals surface area contributed by atoms with E-state index in [1.54, 1.807) is 0 Å². The number of rotatable bonds is 5. The van der Waals surface area contributed by atoms with E-state index in [2.05, 4.69) is 34.2 Å². The van der Waals surface area contributed by atoms with E-state index in [1.807, 2.05) is 6.92 Å². The zero-order valence-corrected chi connectivity index (χ0v) is 12.0. The molecule has 1 aliphatic rings. The van der Waals surface area contributed by atoms with Gasteiger partial charge in [-0.1, -0.05) is 12.8 Å². The molecule has 2 rings (SSSR count). The molecule has 0 spiro atoms. The summed E-state index contributed by atoms with van der Waals surface area (Å²) in [6.07, 6.45) is 5.75. The smallest absolute Gasteiger partial charge is 0.0672 e. The Morgan fingerprint density at radius 3 is 2.89 bits per heavy atom. The Labute approximate surface area is 115 Å². The first-order valence-electron chi connectivity index (χ1n) is 7.35. The Morgan fingerprint density at radius 2 is 2.21 bits per heavy atom. The molecule has 2 atom stereocenters. The number of aromatic nitrogens is 2. The Hall–Kier alpha value is -1.34. The van der Waals surface area contributed by atoms with Crippen LogP contribution < -0.4 is 5.32 Å². The van der Waals surface area contributed by atoms with Gasteiger partial charge < -0.3 is 5.32 Å². The van der Waals surface area contributed by atoms with Gasteiger partial charge in [-0.15, -0.1) is 0 Å². The van der Waals surface area contributed by atoms with E-state index in [-0.39, 0.29) is 5.92 Å². The van der Waals surface area contributed by atoms with Crippen molar-refractivity contribution in [2.24, 2.45) is 5.92 Å². The molecule has 104 valence electrons. The maximum absolute atomic E-state index is 9.13. The number of nitrogens with one attached hydrogen (secondary N) is 1. The molecule has 1 aromatic heterocycles. The van der Waals surface area contributed by atoms with Crippen molar-refractivity contribution in [2.75, 3.05) is 6.54 Å². The average Bonchev–Trinajstić information content (AvgIpc) is 2.73. The van der Waals surface area contributed by atoms with Crippen LogP contribution in [0.2, 0.25) is 0 Å². The third-order valence-corrected chi connectivity index (χ3v) is 3.99. The second-order valence-electron chi connectivity index (χ2n) is 5.58. The molecule has 4 heteroatoms. The molecule has 1 saturated carbocycles. The molecule has 0 aliphatic heterocycles. The highest BCUT2D eigenvalue weighted by Crippen LogP contribution is 2.23. The van der Waals surface area contributed by atoms with E-state index in [0.717, 1.165) is 38.0 Å². The molecular formula is C15H24N4. The maximum atomic E-state index is 9.13. The van der Waals surface area contributed by atoms with Crippen LogP contribution in [0.1, 0.15) is 43.5 Å². The first-order chi connectivity index (χ1) is 9.20. The minimum absolute atomic E-state index is 0.211. The summed E-state index contributed by atoms with van der Waals surface area (Å²) in [6, 6.07) is 4.96. The van der Waals surface area contributed by atoms with Crippen LogP contribution in [0.15, 0.2) is 6.07 Å². The van der Waals surface area contributed by atoms with Crippen LogP contribution in [0.25, 0.3) is 0 Å². The molecule has 1 heterocycles. The normalized spacial score (nSPS) is 23.2. The number of nitriles is 1. The van der Waals surface area contributed by atoms with Gasteiger partial charge in [-0.25, -0.2) is 0 Å². The lowest BCUT2D eigenvalue weighted by atomic mass is 9.85. The Kier molecular flexibility index (Phi) is 4.98. The number of nitrogens with zero attached hydrogens (tertiary/aromatic N) is 3. The predicted molar refractivity (Wildman–Crippen MR) is 75.7 cm³/mol. The van der Waals surface area contributed by atoms with Crippen LogP contribution in [0, 0.1) is 31.1 Å². The van der Waals surface area contributed by atoms with Crippen molar-refractivity contribution in [3.63, 3.8) is 0 Å². The molecule has 19 heavy (non-hydrogen) atoms. The van der Waals surface area contributed by atoms with Crippen LogP contribution in [0.4, 0.5) is 0 Å². The van der Waals surface area contributed by atoms with Crippen molar-refractivity contribution in [2.45, 2.75) is 58.5 Å². The van der Waals surface area contributed by atoms with Crippen LogP contribution >= 0.6 is 0 Å². The molecular weight excluding hydrogens is 236 g/mol. The highest BCUT2D eigenvalue weighted by molar-refractivity contribution is 5.06. The van der Waals surface area contributed by atoms with Gasteiger partial charge in [-0.2, -0.15) is 10.4 Å². The first-order valence-corrected chi connectivity index (χ1v) is 7.35. The largest absolute Gasteiger partial charge is 0.313 e. The standard InChI is InChI=1S/C15H24N4/c1-12-10-13(2)19(18-12)9-5-8-17-15-7-4-3-6-14(15)11-16/h10,14-15,17H,3-9H2,1-2H3. The average molecular weight is 260 g/mol. The minimum Gasteiger partial charge on any atom is -0.313 e. The van der Waals surface area contributed by atoms with Crippen molar-refractivity contribution in [3.05, 3.63) is 17.5 Å². The first kappa shape index (κ1) is 14.1. The number of hydrogen-bond acceptors (Lipinski definition) is 3. The van der Waals surface area contributed by atoms with Crippen LogP contribution in [-0.2, 0) is 6.54 Å². The van der Waals surface area contributed by atoms with Gasteiger partial charge in [0.1, 0.15) is 0 Å². The van der Waals surface area contributed by atoms with E-state index >= 15 is 0 Å². The summed E-state index contributed by atoms with van der Waals surface area (Å²) in [6.45, 7) is 6.05. The molecule has 1 fully saturated rings. The van der Waals surface area contributed by atoms with Crippen molar-refractivity contribution < 1.29 is 0 Å². The minimum atomic E-state index is 0.211. The van der Waals surface area contributed by atoms with Crippen LogP contribution in [0.5, 0.6) is 0 Å². The van der Waals surface area contributed by atoms with Gasteiger partial charge in [0.15, 0.2) is 0 Å². The van der Waals surface area contributed by atoms with E-state index in [9.17, 15) is 0 Å². The third kappa shape index (κ3) is 3.81. The Bertz CT molecular complexity index is 443. The summed E-state index contributed by atoms with van der Waals surface area (Å²) < 4.78 is 2.07. The molecule has 1 aliphatic carbocycles. The quantitative estimate of drug-likeness (QED) is 0.828. The Balaban J connectivity index is 1.72. The van der Waals surface area contributed by atoms with Gasteiger partial charge in [-0.05, 0) is 45.7 Å². The fourth-order valence-electron chi connectivity index (χ4n) is 2.95. The van der Waals surface area contributed by atoms with Gasteiger partial charge >= 0.3 is 0 Å². The maximum Gasteiger partial charge on any atom is 0.0672 e. The van der Waals surface area contributed by atoms with E-state index in [0.29, 0.717) is 6.04 Å². The second-order valence-corrected chi connectivity index (χ2v) is 5.58. The predicted octanol–water partition coefficient (Wildman–Crippen LogP) is 2.56.